The molecular weight excluding hydrogens is 118 g/mol. The predicted molar refractivity (Wildman–Crippen MR) is 31.1 cm³/mol. The normalized spacial score (nSPS) is 40.4. The number of rotatable bonds is 2. The van der Waals surface area contributed by atoms with Crippen LogP contribution in [0.15, 0.2) is 0 Å². The van der Waals surface area contributed by atoms with Gasteiger partial charge in [0.2, 0.25) is 0 Å². The highest BCUT2D eigenvalue weighted by atomic mass is 16.4. The fraction of sp³-hybridized carbons (Fsp3) is 0.833. The molecule has 1 aliphatic heterocycles. The van der Waals surface area contributed by atoms with Crippen LogP contribution in [0, 0.1) is 5.92 Å². The number of carbonyl (C=O) groups is 1. The third-order valence-corrected chi connectivity index (χ3v) is 2.02. The van der Waals surface area contributed by atoms with Gasteiger partial charge in [-0.15, -0.1) is 0 Å². The molecule has 0 aromatic rings. The maximum atomic E-state index is 10.2. The first-order chi connectivity index (χ1) is 4.29. The molecule has 1 saturated heterocycles. The first kappa shape index (κ1) is 5.23. The Morgan fingerprint density at radius 3 is 2.56 bits per heavy atom. The van der Waals surface area contributed by atoms with Crippen LogP contribution < -0.4 is 5.32 Å². The number of carboxylic acids is 1. The van der Waals surface area contributed by atoms with Gasteiger partial charge in [-0.2, -0.15) is 0 Å². The summed E-state index contributed by atoms with van der Waals surface area (Å²) in [5.41, 5.74) is 0. The summed E-state index contributed by atoms with van der Waals surface area (Å²) in [6.07, 6.45) is 2.45. The van der Waals surface area contributed by atoms with E-state index in [1.807, 2.05) is 0 Å². The van der Waals surface area contributed by atoms with Gasteiger partial charge >= 0.3 is 5.97 Å². The fourth-order valence-electron chi connectivity index (χ4n) is 1.24. The summed E-state index contributed by atoms with van der Waals surface area (Å²) in [5.74, 6) is -0.00185. The highest BCUT2D eigenvalue weighted by Crippen LogP contribution is 2.39. The van der Waals surface area contributed by atoms with Crippen LogP contribution in [0.2, 0.25) is 0 Å². The van der Waals surface area contributed by atoms with Crippen LogP contribution in [0.25, 0.3) is 0 Å². The Morgan fingerprint density at radius 2 is 2.22 bits per heavy atom. The summed E-state index contributed by atoms with van der Waals surface area (Å²) in [6, 6.07) is 0.111. The van der Waals surface area contributed by atoms with Gasteiger partial charge in [-0.1, -0.05) is 0 Å². The predicted octanol–water partition coefficient (Wildman–Crippen LogP) is -0.179. The molecule has 0 aromatic carbocycles. The highest BCUT2D eigenvalue weighted by molar-refractivity contribution is 5.78. The topological polar surface area (TPSA) is 59.2 Å². The summed E-state index contributed by atoms with van der Waals surface area (Å²) >= 11 is 0. The second-order valence-electron chi connectivity index (χ2n) is 2.85. The molecule has 0 aromatic heterocycles. The molecule has 2 fully saturated rings. The summed E-state index contributed by atoms with van der Waals surface area (Å²) in [7, 11) is 0. The van der Waals surface area contributed by atoms with Crippen molar-refractivity contribution in [1.29, 1.82) is 0 Å². The quantitative estimate of drug-likeness (QED) is 0.506. The van der Waals surface area contributed by atoms with Gasteiger partial charge in [-0.3, -0.25) is 10.1 Å². The zero-order valence-electron chi connectivity index (χ0n) is 5.00. The van der Waals surface area contributed by atoms with E-state index in [1.165, 1.54) is 12.8 Å². The van der Waals surface area contributed by atoms with Gasteiger partial charge in [0.15, 0.2) is 0 Å². The first-order valence-electron chi connectivity index (χ1n) is 3.28. The Bertz CT molecular complexity index is 153. The van der Waals surface area contributed by atoms with Crippen LogP contribution in [-0.2, 0) is 4.79 Å². The van der Waals surface area contributed by atoms with Gasteiger partial charge in [0.1, 0.15) is 6.04 Å². The van der Waals surface area contributed by atoms with Gasteiger partial charge in [-0.05, 0) is 18.8 Å². The fourth-order valence-corrected chi connectivity index (χ4v) is 1.24. The molecule has 2 N–H and O–H groups in total. The van der Waals surface area contributed by atoms with E-state index < -0.39 is 5.97 Å². The Labute approximate surface area is 53.1 Å². The lowest BCUT2D eigenvalue weighted by molar-refractivity contribution is -0.136. The summed E-state index contributed by atoms with van der Waals surface area (Å²) in [5, 5.41) is 11.4. The van der Waals surface area contributed by atoms with Crippen LogP contribution in [0.4, 0.5) is 0 Å². The molecule has 2 rings (SSSR count). The molecule has 2 atom stereocenters. The summed E-state index contributed by atoms with van der Waals surface area (Å²) in [4.78, 5) is 10.2. The molecule has 0 radical (unpaired) electrons. The van der Waals surface area contributed by atoms with E-state index >= 15 is 0 Å². The number of hydrogen-bond donors (Lipinski definition) is 2. The van der Waals surface area contributed by atoms with E-state index in [2.05, 4.69) is 5.32 Å². The van der Waals surface area contributed by atoms with E-state index in [0.29, 0.717) is 12.0 Å². The van der Waals surface area contributed by atoms with Crippen LogP contribution in [0.1, 0.15) is 12.8 Å². The van der Waals surface area contributed by atoms with E-state index in [1.54, 1.807) is 0 Å². The van der Waals surface area contributed by atoms with Crippen LogP contribution in [0.3, 0.4) is 0 Å². The summed E-state index contributed by atoms with van der Waals surface area (Å²) in [6.45, 7) is 0. The molecule has 3 heteroatoms. The maximum absolute atomic E-state index is 10.2. The number of carboxylic acid groups (broad SMARTS) is 1. The molecule has 0 amide bonds. The second kappa shape index (κ2) is 1.48. The first-order valence-corrected chi connectivity index (χ1v) is 3.28. The molecule has 1 heterocycles. The van der Waals surface area contributed by atoms with Crippen molar-refractivity contribution in [2.24, 2.45) is 5.92 Å². The van der Waals surface area contributed by atoms with E-state index in [0.717, 1.165) is 0 Å². The molecule has 2 aliphatic rings. The lowest BCUT2D eigenvalue weighted by Crippen LogP contribution is -2.09. The minimum atomic E-state index is -0.688. The van der Waals surface area contributed by atoms with Crippen molar-refractivity contribution in [2.45, 2.75) is 24.9 Å². The smallest absolute Gasteiger partial charge is 0.322 e. The van der Waals surface area contributed by atoms with Crippen LogP contribution in [0.5, 0.6) is 0 Å². The van der Waals surface area contributed by atoms with E-state index in [9.17, 15) is 4.79 Å². The van der Waals surface area contributed by atoms with Crippen molar-refractivity contribution >= 4 is 5.97 Å². The third kappa shape index (κ3) is 0.812. The van der Waals surface area contributed by atoms with E-state index in [4.69, 9.17) is 5.11 Å². The van der Waals surface area contributed by atoms with Crippen molar-refractivity contribution in [3.63, 3.8) is 0 Å². The number of aliphatic carboxylic acids is 1. The standard InChI is InChI=1S/C6H9NO2/c8-6(9)5-4(7-5)3-1-2-3/h3-5,7H,1-2H2,(H,8,9)/t4-,5+/m0/s1. The Kier molecular flexibility index (Phi) is 0.858. The molecule has 1 saturated carbocycles. The summed E-state index contributed by atoms with van der Waals surface area (Å²) < 4.78 is 0. The molecular formula is C6H9NO2. The second-order valence-corrected chi connectivity index (χ2v) is 2.85. The molecule has 0 spiro atoms. The highest BCUT2D eigenvalue weighted by Gasteiger charge is 2.50. The zero-order valence-corrected chi connectivity index (χ0v) is 5.00. The average molecular weight is 127 g/mol. The van der Waals surface area contributed by atoms with Crippen LogP contribution >= 0.6 is 0 Å². The van der Waals surface area contributed by atoms with Gasteiger partial charge < -0.3 is 5.11 Å². The van der Waals surface area contributed by atoms with Crippen molar-refractivity contribution < 1.29 is 9.90 Å². The largest absolute Gasteiger partial charge is 0.480 e. The van der Waals surface area contributed by atoms with Gasteiger partial charge in [0.05, 0.1) is 0 Å². The van der Waals surface area contributed by atoms with Crippen molar-refractivity contribution in [3.8, 4) is 0 Å². The van der Waals surface area contributed by atoms with Crippen molar-refractivity contribution in [3.05, 3.63) is 0 Å². The number of nitrogens with one attached hydrogen (secondary N) is 1. The number of hydrogen-bond acceptors (Lipinski definition) is 2. The van der Waals surface area contributed by atoms with Crippen LogP contribution in [-0.4, -0.2) is 23.2 Å². The molecule has 0 unspecified atom stereocenters. The molecule has 9 heavy (non-hydrogen) atoms. The maximum Gasteiger partial charge on any atom is 0.322 e. The average Bonchev–Trinajstić information content (AvgIpc) is 2.60. The Hall–Kier alpha value is -0.570. The molecule has 0 bridgehead atoms. The Morgan fingerprint density at radius 1 is 1.56 bits per heavy atom. The molecule has 50 valence electrons. The van der Waals surface area contributed by atoms with Gasteiger partial charge in [0, 0.05) is 6.04 Å². The lowest BCUT2D eigenvalue weighted by Gasteiger charge is -1.83. The monoisotopic (exact) mass is 127 g/mol. The lowest BCUT2D eigenvalue weighted by atomic mass is 10.2. The van der Waals surface area contributed by atoms with Gasteiger partial charge in [0.25, 0.3) is 0 Å². The third-order valence-electron chi connectivity index (χ3n) is 2.02. The van der Waals surface area contributed by atoms with Gasteiger partial charge in [-0.25, -0.2) is 0 Å². The minimum Gasteiger partial charge on any atom is -0.480 e. The van der Waals surface area contributed by atoms with Crippen molar-refractivity contribution in [1.82, 2.24) is 5.32 Å². The molecule has 1 aliphatic carbocycles. The SMILES string of the molecule is O=C(O)[C@@H]1N[C@H]1C1CC1. The minimum absolute atomic E-state index is 0.211. The molecule has 3 nitrogen and oxygen atoms in total. The van der Waals surface area contributed by atoms with E-state index in [-0.39, 0.29) is 6.04 Å². The Balaban J connectivity index is 1.87. The van der Waals surface area contributed by atoms with Crippen molar-refractivity contribution in [2.75, 3.05) is 0 Å². The zero-order chi connectivity index (χ0) is 6.43.